The second-order valence-electron chi connectivity index (χ2n) is 4.26. The fourth-order valence-corrected chi connectivity index (χ4v) is 2.24. The summed E-state index contributed by atoms with van der Waals surface area (Å²) in [6.45, 7) is 4.47. The zero-order valence-electron chi connectivity index (χ0n) is 10.4. The van der Waals surface area contributed by atoms with E-state index < -0.39 is 0 Å². The van der Waals surface area contributed by atoms with Crippen molar-refractivity contribution in [1.29, 1.82) is 0 Å². The van der Waals surface area contributed by atoms with E-state index >= 15 is 0 Å². The van der Waals surface area contributed by atoms with Gasteiger partial charge in [-0.15, -0.1) is 0 Å². The predicted molar refractivity (Wildman–Crippen MR) is 69.3 cm³/mol. The molecule has 0 spiro atoms. The third kappa shape index (κ3) is 2.70. The van der Waals surface area contributed by atoms with Crippen molar-refractivity contribution in [3.63, 3.8) is 0 Å². The summed E-state index contributed by atoms with van der Waals surface area (Å²) in [5, 5.41) is 0. The van der Waals surface area contributed by atoms with Crippen molar-refractivity contribution < 1.29 is 9.47 Å². The summed E-state index contributed by atoms with van der Waals surface area (Å²) in [7, 11) is 1.74. The van der Waals surface area contributed by atoms with Crippen LogP contribution in [0, 0.1) is 0 Å². The smallest absolute Gasteiger partial charge is 0.103 e. The molecular formula is C13H20N2O2. The minimum Gasteiger partial charge on any atom is -0.399 e. The van der Waals surface area contributed by atoms with Crippen molar-refractivity contribution in [3.8, 4) is 0 Å². The molecule has 1 aromatic carbocycles. The fraction of sp³-hybridized carbons (Fsp3) is 0.538. The van der Waals surface area contributed by atoms with E-state index in [-0.39, 0.29) is 12.2 Å². The van der Waals surface area contributed by atoms with E-state index in [2.05, 4.69) is 4.90 Å². The van der Waals surface area contributed by atoms with Crippen LogP contribution < -0.4 is 10.6 Å². The van der Waals surface area contributed by atoms with Gasteiger partial charge in [0.25, 0.3) is 0 Å². The molecule has 1 heterocycles. The molecule has 4 nitrogen and oxygen atoms in total. The first-order chi connectivity index (χ1) is 8.24. The number of anilines is 2. The summed E-state index contributed by atoms with van der Waals surface area (Å²) >= 11 is 0. The minimum absolute atomic E-state index is 0.146. The van der Waals surface area contributed by atoms with Gasteiger partial charge in [-0.1, -0.05) is 0 Å². The standard InChI is InChI=1S/C13H20N2O2/c1-3-17-13-9-15(8-12(13)16-2)11-6-4-10(14)5-7-11/h4-7,12-13H,3,8-9,14H2,1-2H3. The molecule has 1 aliphatic heterocycles. The second-order valence-corrected chi connectivity index (χ2v) is 4.26. The molecular weight excluding hydrogens is 216 g/mol. The lowest BCUT2D eigenvalue weighted by Crippen LogP contribution is -2.28. The van der Waals surface area contributed by atoms with Crippen molar-refractivity contribution in [3.05, 3.63) is 24.3 Å². The second kappa shape index (κ2) is 5.38. The van der Waals surface area contributed by atoms with Crippen LogP contribution in [-0.4, -0.2) is 39.0 Å². The van der Waals surface area contributed by atoms with E-state index in [4.69, 9.17) is 15.2 Å². The van der Waals surface area contributed by atoms with E-state index in [0.29, 0.717) is 0 Å². The van der Waals surface area contributed by atoms with Crippen LogP contribution in [0.2, 0.25) is 0 Å². The molecule has 0 saturated carbocycles. The van der Waals surface area contributed by atoms with Crippen LogP contribution in [0.3, 0.4) is 0 Å². The Bertz CT molecular complexity index is 353. The van der Waals surface area contributed by atoms with Gasteiger partial charge in [0, 0.05) is 38.2 Å². The maximum atomic E-state index is 5.69. The summed E-state index contributed by atoms with van der Waals surface area (Å²) in [6.07, 6.45) is 0.301. The van der Waals surface area contributed by atoms with Gasteiger partial charge in [-0.3, -0.25) is 0 Å². The topological polar surface area (TPSA) is 47.7 Å². The number of nitrogen functional groups attached to an aromatic ring is 1. The molecule has 0 bridgehead atoms. The molecule has 0 amide bonds. The summed E-state index contributed by atoms with van der Waals surface area (Å²) < 4.78 is 11.2. The molecule has 1 saturated heterocycles. The predicted octanol–water partition coefficient (Wildman–Crippen LogP) is 1.51. The van der Waals surface area contributed by atoms with Crippen molar-refractivity contribution in [1.82, 2.24) is 0 Å². The molecule has 2 atom stereocenters. The zero-order valence-corrected chi connectivity index (χ0v) is 10.4. The van der Waals surface area contributed by atoms with Crippen LogP contribution in [0.4, 0.5) is 11.4 Å². The van der Waals surface area contributed by atoms with E-state index in [1.54, 1.807) is 7.11 Å². The summed E-state index contributed by atoms with van der Waals surface area (Å²) in [4.78, 5) is 2.27. The highest BCUT2D eigenvalue weighted by Gasteiger charge is 2.33. The van der Waals surface area contributed by atoms with Crippen molar-refractivity contribution >= 4 is 11.4 Å². The molecule has 4 heteroatoms. The Morgan fingerprint density at radius 2 is 1.88 bits per heavy atom. The van der Waals surface area contributed by atoms with Crippen LogP contribution in [0.1, 0.15) is 6.92 Å². The molecule has 1 fully saturated rings. The van der Waals surface area contributed by atoms with Gasteiger partial charge in [0.1, 0.15) is 12.2 Å². The average molecular weight is 236 g/mol. The molecule has 17 heavy (non-hydrogen) atoms. The molecule has 0 aromatic heterocycles. The molecule has 0 aliphatic carbocycles. The molecule has 94 valence electrons. The van der Waals surface area contributed by atoms with Crippen LogP contribution >= 0.6 is 0 Å². The first-order valence-corrected chi connectivity index (χ1v) is 5.99. The van der Waals surface area contributed by atoms with Gasteiger partial charge in [0.2, 0.25) is 0 Å². The van der Waals surface area contributed by atoms with Crippen molar-refractivity contribution in [2.75, 3.05) is 37.4 Å². The minimum atomic E-state index is 0.146. The largest absolute Gasteiger partial charge is 0.399 e. The highest BCUT2D eigenvalue weighted by molar-refractivity contribution is 5.54. The summed E-state index contributed by atoms with van der Waals surface area (Å²) in [5.74, 6) is 0. The number of rotatable bonds is 4. The van der Waals surface area contributed by atoms with Gasteiger partial charge in [-0.05, 0) is 31.2 Å². The van der Waals surface area contributed by atoms with Gasteiger partial charge >= 0.3 is 0 Å². The summed E-state index contributed by atoms with van der Waals surface area (Å²) in [6, 6.07) is 7.92. The Kier molecular flexibility index (Phi) is 3.86. The van der Waals surface area contributed by atoms with Crippen molar-refractivity contribution in [2.24, 2.45) is 0 Å². The Labute approximate surface area is 102 Å². The van der Waals surface area contributed by atoms with Crippen LogP contribution in [0.5, 0.6) is 0 Å². The van der Waals surface area contributed by atoms with E-state index in [0.717, 1.165) is 25.4 Å². The van der Waals surface area contributed by atoms with E-state index in [1.807, 2.05) is 31.2 Å². The number of nitrogens with two attached hydrogens (primary N) is 1. The number of methoxy groups -OCH3 is 1. The maximum absolute atomic E-state index is 5.69. The molecule has 0 radical (unpaired) electrons. The van der Waals surface area contributed by atoms with Gasteiger partial charge in [-0.25, -0.2) is 0 Å². The summed E-state index contributed by atoms with van der Waals surface area (Å²) in [5.41, 5.74) is 7.65. The molecule has 2 N–H and O–H groups in total. The number of hydrogen-bond acceptors (Lipinski definition) is 4. The highest BCUT2D eigenvalue weighted by Crippen LogP contribution is 2.24. The van der Waals surface area contributed by atoms with Crippen molar-refractivity contribution in [2.45, 2.75) is 19.1 Å². The van der Waals surface area contributed by atoms with Gasteiger partial charge in [-0.2, -0.15) is 0 Å². The number of hydrogen-bond donors (Lipinski definition) is 1. The lowest BCUT2D eigenvalue weighted by Gasteiger charge is -2.18. The van der Waals surface area contributed by atoms with Gasteiger partial charge < -0.3 is 20.1 Å². The fourth-order valence-electron chi connectivity index (χ4n) is 2.24. The average Bonchev–Trinajstić information content (AvgIpc) is 2.74. The van der Waals surface area contributed by atoms with Crippen LogP contribution in [-0.2, 0) is 9.47 Å². The van der Waals surface area contributed by atoms with E-state index in [1.165, 1.54) is 5.69 Å². The molecule has 1 aromatic rings. The first-order valence-electron chi connectivity index (χ1n) is 5.99. The first kappa shape index (κ1) is 12.2. The lowest BCUT2D eigenvalue weighted by molar-refractivity contribution is -0.0232. The maximum Gasteiger partial charge on any atom is 0.103 e. The van der Waals surface area contributed by atoms with Gasteiger partial charge in [0.05, 0.1) is 0 Å². The monoisotopic (exact) mass is 236 g/mol. The lowest BCUT2D eigenvalue weighted by atomic mass is 10.2. The number of nitrogens with zero attached hydrogens (tertiary/aromatic N) is 1. The molecule has 2 unspecified atom stereocenters. The Morgan fingerprint density at radius 3 is 2.47 bits per heavy atom. The highest BCUT2D eigenvalue weighted by atomic mass is 16.5. The SMILES string of the molecule is CCOC1CN(c2ccc(N)cc2)CC1OC. The number of benzene rings is 1. The third-order valence-corrected chi connectivity index (χ3v) is 3.16. The zero-order chi connectivity index (χ0) is 12.3. The van der Waals surface area contributed by atoms with E-state index in [9.17, 15) is 0 Å². The quantitative estimate of drug-likeness (QED) is 0.805. The van der Waals surface area contributed by atoms with Crippen LogP contribution in [0.25, 0.3) is 0 Å². The Balaban J connectivity index is 2.06. The number of ether oxygens (including phenoxy) is 2. The van der Waals surface area contributed by atoms with Gasteiger partial charge in [0.15, 0.2) is 0 Å². The van der Waals surface area contributed by atoms with Crippen LogP contribution in [0.15, 0.2) is 24.3 Å². The Morgan fingerprint density at radius 1 is 1.24 bits per heavy atom. The molecule has 1 aliphatic rings. The third-order valence-electron chi connectivity index (χ3n) is 3.16. The normalized spacial score (nSPS) is 24.2. The Hall–Kier alpha value is -1.26. The molecule has 2 rings (SSSR count).